The average Bonchev–Trinajstić information content (AvgIpc) is 2.23. The Morgan fingerprint density at radius 3 is 2.79 bits per heavy atom. The van der Waals surface area contributed by atoms with Gasteiger partial charge >= 0.3 is 0 Å². The molecule has 14 heavy (non-hydrogen) atoms. The maximum Gasteiger partial charge on any atom is 0.0411 e. The lowest BCUT2D eigenvalue weighted by Gasteiger charge is -2.22. The molecule has 0 bridgehead atoms. The van der Waals surface area contributed by atoms with Crippen molar-refractivity contribution in [2.24, 2.45) is 0 Å². The molecular formula is C11H14ClN2. The smallest absolute Gasteiger partial charge is 0.0411 e. The van der Waals surface area contributed by atoms with Gasteiger partial charge < -0.3 is 5.32 Å². The zero-order valence-corrected chi connectivity index (χ0v) is 8.80. The third kappa shape index (κ3) is 2.71. The summed E-state index contributed by atoms with van der Waals surface area (Å²) in [5, 5.41) is 8.70. The molecule has 3 heteroatoms. The molecule has 2 rings (SSSR count). The summed E-state index contributed by atoms with van der Waals surface area (Å²) in [7, 11) is 0. The van der Waals surface area contributed by atoms with Gasteiger partial charge in [0.25, 0.3) is 0 Å². The third-order valence-corrected chi connectivity index (χ3v) is 2.69. The quantitative estimate of drug-likeness (QED) is 0.784. The van der Waals surface area contributed by atoms with Crippen molar-refractivity contribution in [2.45, 2.75) is 12.5 Å². The van der Waals surface area contributed by atoms with Gasteiger partial charge in [0.1, 0.15) is 0 Å². The van der Waals surface area contributed by atoms with E-state index in [1.165, 1.54) is 5.56 Å². The molecule has 1 aromatic carbocycles. The fraction of sp³-hybridized carbons (Fsp3) is 0.455. The van der Waals surface area contributed by atoms with Crippen molar-refractivity contribution >= 4 is 11.6 Å². The molecule has 1 N–H and O–H groups in total. The monoisotopic (exact) mass is 209 g/mol. The Morgan fingerprint density at radius 1 is 1.36 bits per heavy atom. The molecule has 1 aromatic rings. The molecular weight excluding hydrogens is 196 g/mol. The van der Waals surface area contributed by atoms with Crippen molar-refractivity contribution in [1.29, 1.82) is 0 Å². The van der Waals surface area contributed by atoms with Gasteiger partial charge in [-0.25, -0.2) is 5.32 Å². The first kappa shape index (κ1) is 9.97. The summed E-state index contributed by atoms with van der Waals surface area (Å²) >= 11 is 5.82. The molecule has 1 saturated heterocycles. The van der Waals surface area contributed by atoms with Crippen molar-refractivity contribution in [3.05, 3.63) is 34.9 Å². The Morgan fingerprint density at radius 2 is 2.14 bits per heavy atom. The minimum Gasteiger partial charge on any atom is -0.314 e. The molecule has 0 spiro atoms. The molecule has 0 aromatic heterocycles. The normalized spacial score (nSPS) is 22.2. The van der Waals surface area contributed by atoms with Crippen LogP contribution >= 0.6 is 11.6 Å². The molecule has 1 unspecified atom stereocenters. The van der Waals surface area contributed by atoms with Gasteiger partial charge in [-0.05, 0) is 24.1 Å². The van der Waals surface area contributed by atoms with Crippen LogP contribution in [0.3, 0.4) is 0 Å². The van der Waals surface area contributed by atoms with Gasteiger partial charge in [0.2, 0.25) is 0 Å². The molecule has 75 valence electrons. The van der Waals surface area contributed by atoms with Crippen molar-refractivity contribution in [3.8, 4) is 0 Å². The van der Waals surface area contributed by atoms with E-state index < -0.39 is 0 Å². The van der Waals surface area contributed by atoms with Crippen molar-refractivity contribution in [1.82, 2.24) is 10.6 Å². The van der Waals surface area contributed by atoms with E-state index in [2.05, 4.69) is 22.8 Å². The van der Waals surface area contributed by atoms with E-state index in [1.54, 1.807) is 0 Å². The SMILES string of the molecule is Clc1ccc(CC2CNCC[N]2)cc1. The van der Waals surface area contributed by atoms with Crippen LogP contribution in [-0.4, -0.2) is 25.7 Å². The predicted molar refractivity (Wildman–Crippen MR) is 58.8 cm³/mol. The van der Waals surface area contributed by atoms with Gasteiger partial charge in [0.15, 0.2) is 0 Å². The fourth-order valence-corrected chi connectivity index (χ4v) is 1.81. The summed E-state index contributed by atoms with van der Waals surface area (Å²) in [4.78, 5) is 0. The molecule has 1 aliphatic heterocycles. The minimum absolute atomic E-state index is 0.435. The highest BCUT2D eigenvalue weighted by Crippen LogP contribution is 2.11. The molecule has 0 aliphatic carbocycles. The van der Waals surface area contributed by atoms with Crippen molar-refractivity contribution < 1.29 is 0 Å². The fourth-order valence-electron chi connectivity index (χ4n) is 1.69. The molecule has 0 amide bonds. The van der Waals surface area contributed by atoms with Gasteiger partial charge in [-0.2, -0.15) is 0 Å². The zero-order chi connectivity index (χ0) is 9.80. The van der Waals surface area contributed by atoms with Gasteiger partial charge in [-0.1, -0.05) is 23.7 Å². The number of piperazine rings is 1. The molecule has 2 nitrogen and oxygen atoms in total. The van der Waals surface area contributed by atoms with Crippen LogP contribution in [0.25, 0.3) is 0 Å². The number of halogens is 1. The molecule has 1 radical (unpaired) electrons. The first-order valence-electron chi connectivity index (χ1n) is 4.96. The Kier molecular flexibility index (Phi) is 3.40. The molecule has 1 aliphatic rings. The summed E-state index contributed by atoms with van der Waals surface area (Å²) < 4.78 is 0. The lowest BCUT2D eigenvalue weighted by Crippen LogP contribution is -2.45. The maximum absolute atomic E-state index is 5.82. The van der Waals surface area contributed by atoms with E-state index in [9.17, 15) is 0 Å². The Balaban J connectivity index is 1.92. The Bertz CT molecular complexity index is 278. The van der Waals surface area contributed by atoms with E-state index in [-0.39, 0.29) is 0 Å². The van der Waals surface area contributed by atoms with Gasteiger partial charge in [-0.3, -0.25) is 0 Å². The third-order valence-electron chi connectivity index (χ3n) is 2.44. The zero-order valence-electron chi connectivity index (χ0n) is 8.04. The second kappa shape index (κ2) is 4.78. The lowest BCUT2D eigenvalue weighted by atomic mass is 10.1. The van der Waals surface area contributed by atoms with E-state index in [0.29, 0.717) is 6.04 Å². The lowest BCUT2D eigenvalue weighted by molar-refractivity contribution is 0.408. The van der Waals surface area contributed by atoms with Crippen LogP contribution in [0.1, 0.15) is 5.56 Å². The number of nitrogens with one attached hydrogen (secondary N) is 1. The number of hydrogen-bond donors (Lipinski definition) is 1. The summed E-state index contributed by atoms with van der Waals surface area (Å²) in [5.41, 5.74) is 1.31. The van der Waals surface area contributed by atoms with Crippen LogP contribution in [0.4, 0.5) is 0 Å². The molecule has 0 saturated carbocycles. The van der Waals surface area contributed by atoms with Crippen LogP contribution in [0.2, 0.25) is 5.02 Å². The Labute approximate surface area is 89.7 Å². The van der Waals surface area contributed by atoms with E-state index in [1.807, 2.05) is 12.1 Å². The van der Waals surface area contributed by atoms with Gasteiger partial charge in [0.05, 0.1) is 0 Å². The van der Waals surface area contributed by atoms with Crippen molar-refractivity contribution in [3.63, 3.8) is 0 Å². The number of rotatable bonds is 2. The maximum atomic E-state index is 5.82. The van der Waals surface area contributed by atoms with Crippen LogP contribution in [0, 0.1) is 0 Å². The second-order valence-corrected chi connectivity index (χ2v) is 4.03. The standard InChI is InChI=1S/C11H14ClN2/c12-10-3-1-9(2-4-10)7-11-8-13-5-6-14-11/h1-4,11,13H,5-8H2. The molecule has 1 heterocycles. The van der Waals surface area contributed by atoms with Crippen LogP contribution in [0.15, 0.2) is 24.3 Å². The summed E-state index contributed by atoms with van der Waals surface area (Å²) in [5.74, 6) is 0. The van der Waals surface area contributed by atoms with Crippen molar-refractivity contribution in [2.75, 3.05) is 19.6 Å². The van der Waals surface area contributed by atoms with E-state index in [0.717, 1.165) is 31.1 Å². The number of hydrogen-bond acceptors (Lipinski definition) is 1. The largest absolute Gasteiger partial charge is 0.314 e. The van der Waals surface area contributed by atoms with Crippen LogP contribution in [-0.2, 0) is 6.42 Å². The summed E-state index contributed by atoms with van der Waals surface area (Å²) in [6.45, 7) is 2.97. The molecule has 1 fully saturated rings. The highest BCUT2D eigenvalue weighted by molar-refractivity contribution is 6.30. The second-order valence-electron chi connectivity index (χ2n) is 3.59. The average molecular weight is 210 g/mol. The van der Waals surface area contributed by atoms with Crippen LogP contribution in [0.5, 0.6) is 0 Å². The van der Waals surface area contributed by atoms with Crippen LogP contribution < -0.4 is 10.6 Å². The predicted octanol–water partition coefficient (Wildman–Crippen LogP) is 1.46. The molecule has 1 atom stereocenters. The highest BCUT2D eigenvalue weighted by Gasteiger charge is 2.13. The van der Waals surface area contributed by atoms with E-state index >= 15 is 0 Å². The van der Waals surface area contributed by atoms with Gasteiger partial charge in [-0.15, -0.1) is 0 Å². The summed E-state index contributed by atoms with van der Waals surface area (Å²) in [6, 6.07) is 8.46. The first-order valence-corrected chi connectivity index (χ1v) is 5.34. The summed E-state index contributed by atoms with van der Waals surface area (Å²) in [6.07, 6.45) is 1.02. The van der Waals surface area contributed by atoms with E-state index in [4.69, 9.17) is 11.6 Å². The number of nitrogens with zero attached hydrogens (tertiary/aromatic N) is 1. The topological polar surface area (TPSA) is 26.1 Å². The number of benzene rings is 1. The van der Waals surface area contributed by atoms with Gasteiger partial charge in [0, 0.05) is 30.7 Å². The Hall–Kier alpha value is -0.570. The minimum atomic E-state index is 0.435. The first-order chi connectivity index (χ1) is 6.84. The highest BCUT2D eigenvalue weighted by atomic mass is 35.5.